The second-order valence-corrected chi connectivity index (χ2v) is 6.23. The zero-order valence-electron chi connectivity index (χ0n) is 11.1. The summed E-state index contributed by atoms with van der Waals surface area (Å²) in [4.78, 5) is 0. The maximum atomic E-state index is 9.10. The van der Waals surface area contributed by atoms with Crippen LogP contribution in [0.25, 0.3) is 0 Å². The van der Waals surface area contributed by atoms with Crippen molar-refractivity contribution < 1.29 is 4.74 Å². The first kappa shape index (κ1) is 14.2. The van der Waals surface area contributed by atoms with E-state index >= 15 is 0 Å². The third kappa shape index (κ3) is 3.15. The summed E-state index contributed by atoms with van der Waals surface area (Å²) in [6.45, 7) is 0.626. The van der Waals surface area contributed by atoms with Gasteiger partial charge in [-0.1, -0.05) is 27.5 Å². The molecule has 5 heteroatoms. The van der Waals surface area contributed by atoms with E-state index in [0.717, 1.165) is 22.3 Å². The molecular formula is C16H12BrClN2O. The lowest BCUT2D eigenvalue weighted by Gasteiger charge is -2.14. The van der Waals surface area contributed by atoms with Crippen molar-refractivity contribution in [2.45, 2.75) is 12.5 Å². The molecule has 1 heterocycles. The van der Waals surface area contributed by atoms with E-state index in [2.05, 4.69) is 33.4 Å². The molecule has 1 unspecified atom stereocenters. The van der Waals surface area contributed by atoms with Crippen molar-refractivity contribution >= 4 is 33.2 Å². The highest BCUT2D eigenvalue weighted by molar-refractivity contribution is 9.10. The Morgan fingerprint density at radius 2 is 2.19 bits per heavy atom. The maximum Gasteiger partial charge on any atom is 0.123 e. The summed E-state index contributed by atoms with van der Waals surface area (Å²) in [5.74, 6) is 0.927. The molecule has 3 rings (SSSR count). The normalized spacial score (nSPS) is 16.0. The van der Waals surface area contributed by atoms with Gasteiger partial charge < -0.3 is 10.1 Å². The van der Waals surface area contributed by atoms with Gasteiger partial charge >= 0.3 is 0 Å². The molecule has 0 amide bonds. The molecular weight excluding hydrogens is 352 g/mol. The van der Waals surface area contributed by atoms with Crippen LogP contribution in [0.1, 0.15) is 11.1 Å². The lowest BCUT2D eigenvalue weighted by atomic mass is 10.1. The largest absolute Gasteiger partial charge is 0.488 e. The molecule has 2 aromatic carbocycles. The van der Waals surface area contributed by atoms with Crippen LogP contribution in [-0.4, -0.2) is 12.6 Å². The molecule has 0 aliphatic carbocycles. The SMILES string of the molecule is N#Cc1ccc(Cl)cc1NCC1Cc2cc(Br)ccc2O1. The van der Waals surface area contributed by atoms with Crippen LogP contribution in [0.3, 0.4) is 0 Å². The number of hydrogen-bond acceptors (Lipinski definition) is 3. The Bertz CT molecular complexity index is 727. The third-order valence-electron chi connectivity index (χ3n) is 3.39. The van der Waals surface area contributed by atoms with E-state index in [9.17, 15) is 0 Å². The lowest BCUT2D eigenvalue weighted by molar-refractivity contribution is 0.246. The Kier molecular flexibility index (Phi) is 4.05. The number of hydrogen-bond donors (Lipinski definition) is 1. The van der Waals surface area contributed by atoms with Crippen molar-refractivity contribution in [1.29, 1.82) is 5.26 Å². The van der Waals surface area contributed by atoms with Gasteiger partial charge in [0.15, 0.2) is 0 Å². The van der Waals surface area contributed by atoms with Gasteiger partial charge in [0, 0.05) is 15.9 Å². The number of ether oxygens (including phenoxy) is 1. The van der Waals surface area contributed by atoms with Gasteiger partial charge in [-0.15, -0.1) is 0 Å². The first-order chi connectivity index (χ1) is 10.2. The second kappa shape index (κ2) is 5.97. The maximum absolute atomic E-state index is 9.10. The quantitative estimate of drug-likeness (QED) is 0.879. The van der Waals surface area contributed by atoms with Crippen LogP contribution in [0.5, 0.6) is 5.75 Å². The lowest BCUT2D eigenvalue weighted by Crippen LogP contribution is -2.24. The van der Waals surface area contributed by atoms with Crippen molar-refractivity contribution in [3.63, 3.8) is 0 Å². The Balaban J connectivity index is 1.68. The molecule has 0 radical (unpaired) electrons. The van der Waals surface area contributed by atoms with E-state index in [4.69, 9.17) is 21.6 Å². The molecule has 2 aromatic rings. The van der Waals surface area contributed by atoms with Crippen LogP contribution in [0, 0.1) is 11.3 Å². The standard InChI is InChI=1S/C16H12BrClN2O/c17-12-2-4-16-11(5-12)6-14(21-16)9-20-15-7-13(18)3-1-10(15)8-19/h1-5,7,14,20H,6,9H2. The van der Waals surface area contributed by atoms with Gasteiger partial charge in [0.1, 0.15) is 17.9 Å². The van der Waals surface area contributed by atoms with E-state index in [-0.39, 0.29) is 6.10 Å². The molecule has 0 fully saturated rings. The first-order valence-electron chi connectivity index (χ1n) is 6.54. The molecule has 0 saturated heterocycles. The average molecular weight is 364 g/mol. The average Bonchev–Trinajstić information content (AvgIpc) is 2.87. The van der Waals surface area contributed by atoms with Gasteiger partial charge in [-0.05, 0) is 42.0 Å². The van der Waals surface area contributed by atoms with Gasteiger partial charge in [0.2, 0.25) is 0 Å². The Morgan fingerprint density at radius 1 is 1.33 bits per heavy atom. The molecule has 1 N–H and O–H groups in total. The van der Waals surface area contributed by atoms with Crippen LogP contribution in [-0.2, 0) is 6.42 Å². The number of halogens is 2. The fourth-order valence-electron chi connectivity index (χ4n) is 2.39. The van der Waals surface area contributed by atoms with Crippen molar-refractivity contribution in [3.8, 4) is 11.8 Å². The Morgan fingerprint density at radius 3 is 3.00 bits per heavy atom. The van der Waals surface area contributed by atoms with E-state index in [1.165, 1.54) is 5.56 Å². The van der Waals surface area contributed by atoms with Crippen molar-refractivity contribution in [2.75, 3.05) is 11.9 Å². The number of rotatable bonds is 3. The molecule has 1 aliphatic rings. The van der Waals surface area contributed by atoms with Gasteiger partial charge in [0.05, 0.1) is 17.8 Å². The molecule has 21 heavy (non-hydrogen) atoms. The van der Waals surface area contributed by atoms with E-state index in [1.54, 1.807) is 18.2 Å². The number of nitrogens with one attached hydrogen (secondary N) is 1. The Hall–Kier alpha value is -1.70. The van der Waals surface area contributed by atoms with Crippen molar-refractivity contribution in [2.24, 2.45) is 0 Å². The Labute approximate surface area is 136 Å². The van der Waals surface area contributed by atoms with Gasteiger partial charge in [-0.25, -0.2) is 0 Å². The predicted octanol–water partition coefficient (Wildman–Crippen LogP) is 4.39. The number of anilines is 1. The number of benzene rings is 2. The fourth-order valence-corrected chi connectivity index (χ4v) is 2.97. The summed E-state index contributed by atoms with van der Waals surface area (Å²) in [7, 11) is 0. The highest BCUT2D eigenvalue weighted by atomic mass is 79.9. The van der Waals surface area contributed by atoms with Crippen LogP contribution in [0.4, 0.5) is 5.69 Å². The van der Waals surface area contributed by atoms with Crippen LogP contribution < -0.4 is 10.1 Å². The zero-order chi connectivity index (χ0) is 14.8. The van der Waals surface area contributed by atoms with Gasteiger partial charge in [0.25, 0.3) is 0 Å². The van der Waals surface area contributed by atoms with E-state index < -0.39 is 0 Å². The molecule has 1 aliphatic heterocycles. The number of nitriles is 1. The van der Waals surface area contributed by atoms with Crippen molar-refractivity contribution in [1.82, 2.24) is 0 Å². The summed E-state index contributed by atoms with van der Waals surface area (Å²) in [5.41, 5.74) is 2.52. The predicted molar refractivity (Wildman–Crippen MR) is 86.9 cm³/mol. The molecule has 3 nitrogen and oxygen atoms in total. The smallest absolute Gasteiger partial charge is 0.123 e. The molecule has 0 spiro atoms. The minimum atomic E-state index is 0.0554. The number of fused-ring (bicyclic) bond motifs is 1. The fraction of sp³-hybridized carbons (Fsp3) is 0.188. The number of nitrogens with zero attached hydrogens (tertiary/aromatic N) is 1. The monoisotopic (exact) mass is 362 g/mol. The van der Waals surface area contributed by atoms with Crippen LogP contribution >= 0.6 is 27.5 Å². The van der Waals surface area contributed by atoms with E-state index in [1.807, 2.05) is 12.1 Å². The first-order valence-corrected chi connectivity index (χ1v) is 7.71. The topological polar surface area (TPSA) is 45.0 Å². The van der Waals surface area contributed by atoms with Crippen LogP contribution in [0.15, 0.2) is 40.9 Å². The molecule has 1 atom stereocenters. The molecule has 0 saturated carbocycles. The second-order valence-electron chi connectivity index (χ2n) is 4.88. The highest BCUT2D eigenvalue weighted by Crippen LogP contribution is 2.31. The minimum Gasteiger partial charge on any atom is -0.488 e. The summed E-state index contributed by atoms with van der Waals surface area (Å²) >= 11 is 9.44. The zero-order valence-corrected chi connectivity index (χ0v) is 13.4. The molecule has 0 bridgehead atoms. The molecule has 0 aromatic heterocycles. The van der Waals surface area contributed by atoms with Gasteiger partial charge in [-0.2, -0.15) is 5.26 Å². The minimum absolute atomic E-state index is 0.0554. The van der Waals surface area contributed by atoms with Gasteiger partial charge in [-0.3, -0.25) is 0 Å². The highest BCUT2D eigenvalue weighted by Gasteiger charge is 2.22. The summed E-state index contributed by atoms with van der Waals surface area (Å²) in [6, 6.07) is 13.4. The molecule has 106 valence electrons. The summed E-state index contributed by atoms with van der Waals surface area (Å²) in [6.07, 6.45) is 0.907. The van der Waals surface area contributed by atoms with Crippen LogP contribution in [0.2, 0.25) is 5.02 Å². The third-order valence-corrected chi connectivity index (χ3v) is 4.11. The summed E-state index contributed by atoms with van der Waals surface area (Å²) < 4.78 is 6.94. The van der Waals surface area contributed by atoms with E-state index in [0.29, 0.717) is 17.1 Å². The van der Waals surface area contributed by atoms with Crippen molar-refractivity contribution in [3.05, 3.63) is 57.0 Å². The summed E-state index contributed by atoms with van der Waals surface area (Å²) in [5, 5.41) is 13.0.